The molecule has 8 nitrogen and oxygen atoms in total. The van der Waals surface area contributed by atoms with Gasteiger partial charge in [-0.15, -0.1) is 0 Å². The molecule has 1 aliphatic heterocycles. The fraction of sp³-hybridized carbons (Fsp3) is 0.526. The molecule has 28 heavy (non-hydrogen) atoms. The topological polar surface area (TPSA) is 87.2 Å². The highest BCUT2D eigenvalue weighted by molar-refractivity contribution is 6.32. The molecule has 0 saturated carbocycles. The van der Waals surface area contributed by atoms with Crippen LogP contribution in [-0.4, -0.2) is 54.3 Å². The average molecular weight is 408 g/mol. The molecular formula is C19H30ClN7O. The van der Waals surface area contributed by atoms with Gasteiger partial charge in [0.05, 0.1) is 12.1 Å². The van der Waals surface area contributed by atoms with Crippen LogP contribution >= 0.6 is 11.6 Å². The second-order valence-corrected chi connectivity index (χ2v) is 7.56. The molecule has 0 atom stereocenters. The van der Waals surface area contributed by atoms with Crippen LogP contribution in [0.1, 0.15) is 28.1 Å². The number of nitrogens with one attached hydrogen (secondary N) is 3. The molecule has 0 bridgehead atoms. The van der Waals surface area contributed by atoms with Crippen LogP contribution in [0.3, 0.4) is 0 Å². The van der Waals surface area contributed by atoms with Crippen LogP contribution in [-0.2, 0) is 0 Å². The molecule has 2 aromatic rings. The lowest BCUT2D eigenvalue weighted by molar-refractivity contribution is 0.415. The van der Waals surface area contributed by atoms with Gasteiger partial charge in [-0.3, -0.25) is 0 Å². The molecule has 9 heteroatoms. The number of piperidine rings is 1. The van der Waals surface area contributed by atoms with Gasteiger partial charge in [-0.05, 0) is 58.0 Å². The van der Waals surface area contributed by atoms with Crippen molar-refractivity contribution >= 4 is 35.1 Å². The van der Waals surface area contributed by atoms with E-state index < -0.39 is 0 Å². The molecule has 0 radical (unpaired) electrons. The summed E-state index contributed by atoms with van der Waals surface area (Å²) in [5.41, 5.74) is 0.781. The van der Waals surface area contributed by atoms with Gasteiger partial charge >= 0.3 is 0 Å². The zero-order valence-electron chi connectivity index (χ0n) is 16.8. The first kappa shape index (κ1) is 20.4. The highest BCUT2D eigenvalue weighted by Crippen LogP contribution is 2.29. The molecule has 2 heterocycles. The van der Waals surface area contributed by atoms with Crippen LogP contribution in [0.25, 0.3) is 0 Å². The third-order valence-corrected chi connectivity index (χ3v) is 4.92. The Bertz CT molecular complexity index is 802. The molecule has 0 spiro atoms. The van der Waals surface area contributed by atoms with E-state index in [1.165, 1.54) is 0 Å². The number of rotatable bonds is 7. The zero-order chi connectivity index (χ0) is 20.1. The molecular weight excluding hydrogens is 378 g/mol. The van der Waals surface area contributed by atoms with Gasteiger partial charge in [-0.25, -0.2) is 0 Å². The van der Waals surface area contributed by atoms with Crippen LogP contribution in [0.4, 0.5) is 23.5 Å². The van der Waals surface area contributed by atoms with E-state index in [0.29, 0.717) is 34.7 Å². The maximum Gasteiger partial charge on any atom is 0.233 e. The fourth-order valence-electron chi connectivity index (χ4n) is 3.13. The van der Waals surface area contributed by atoms with E-state index in [1.807, 2.05) is 13.1 Å². The van der Waals surface area contributed by atoms with Crippen LogP contribution in [0, 0.1) is 0 Å². The Hall–Kier alpha value is -2.32. The predicted octanol–water partition coefficient (Wildman–Crippen LogP) is 3.53. The number of methoxy groups -OCH3 is 1. The number of hydrogen-bond acceptors (Lipinski definition) is 8. The van der Waals surface area contributed by atoms with Gasteiger partial charge in [0, 0.05) is 26.2 Å². The number of hydrogen-bond donors (Lipinski definition) is 3. The van der Waals surface area contributed by atoms with Crippen molar-refractivity contribution < 1.29 is 6.16 Å². The number of halogens is 1. The van der Waals surface area contributed by atoms with Crippen molar-refractivity contribution in [2.75, 3.05) is 42.8 Å². The van der Waals surface area contributed by atoms with Crippen LogP contribution in [0.2, 0.25) is 5.02 Å². The second kappa shape index (κ2) is 9.25. The van der Waals surface area contributed by atoms with E-state index in [9.17, 15) is 0 Å². The Balaban J connectivity index is 0.00000300. The molecule has 154 valence electrons. The molecule has 0 aliphatic carbocycles. The quantitative estimate of drug-likeness (QED) is 0.642. The monoisotopic (exact) mass is 407 g/mol. The molecule has 1 saturated heterocycles. The maximum atomic E-state index is 6.23. The maximum absolute atomic E-state index is 6.23. The van der Waals surface area contributed by atoms with Gasteiger partial charge < -0.3 is 25.6 Å². The standard InChI is InChI=1S/C19H28ClN7O.H2/c1-12(2)22-17-24-18(23-13-5-6-16(28-4)15(20)11-13)26-19(25-17)27(3)14-7-9-21-10-8-14;/h5-6,11-12,14,21H,7-10H2,1-4H3,(H2,22,23,24,25,26);1H. The van der Waals surface area contributed by atoms with E-state index >= 15 is 0 Å². The van der Waals surface area contributed by atoms with E-state index in [0.717, 1.165) is 31.6 Å². The Kier molecular flexibility index (Phi) is 6.74. The highest BCUT2D eigenvalue weighted by Gasteiger charge is 2.21. The van der Waals surface area contributed by atoms with E-state index in [4.69, 9.17) is 16.3 Å². The minimum absolute atomic E-state index is 0. The summed E-state index contributed by atoms with van der Waals surface area (Å²) >= 11 is 6.23. The van der Waals surface area contributed by atoms with Crippen molar-refractivity contribution in [1.29, 1.82) is 0 Å². The van der Waals surface area contributed by atoms with Crippen molar-refractivity contribution in [3.05, 3.63) is 23.2 Å². The van der Waals surface area contributed by atoms with Crippen molar-refractivity contribution in [2.45, 2.75) is 38.8 Å². The molecule has 1 aliphatic rings. The molecule has 3 N–H and O–H groups in total. The smallest absolute Gasteiger partial charge is 0.233 e. The first-order chi connectivity index (χ1) is 13.5. The van der Waals surface area contributed by atoms with Gasteiger partial charge in [0.25, 0.3) is 0 Å². The van der Waals surface area contributed by atoms with Crippen molar-refractivity contribution in [2.24, 2.45) is 0 Å². The summed E-state index contributed by atoms with van der Waals surface area (Å²) in [6, 6.07) is 6.08. The van der Waals surface area contributed by atoms with Crippen molar-refractivity contribution in [3.8, 4) is 5.75 Å². The summed E-state index contributed by atoms with van der Waals surface area (Å²) in [6.07, 6.45) is 2.12. The summed E-state index contributed by atoms with van der Waals surface area (Å²) in [5.74, 6) is 2.28. The van der Waals surface area contributed by atoms with E-state index in [-0.39, 0.29) is 7.47 Å². The largest absolute Gasteiger partial charge is 0.495 e. The summed E-state index contributed by atoms with van der Waals surface area (Å²) in [4.78, 5) is 15.9. The lowest BCUT2D eigenvalue weighted by Gasteiger charge is -2.31. The number of benzene rings is 1. The van der Waals surface area contributed by atoms with Gasteiger partial charge in [0.15, 0.2) is 0 Å². The minimum atomic E-state index is 0. The molecule has 1 fully saturated rings. The number of aromatic nitrogens is 3. The molecule has 1 aromatic heterocycles. The molecule has 0 amide bonds. The fourth-order valence-corrected chi connectivity index (χ4v) is 3.39. The Morgan fingerprint density at radius 3 is 2.57 bits per heavy atom. The molecule has 3 rings (SSSR count). The summed E-state index contributed by atoms with van der Waals surface area (Å²) in [7, 11) is 3.63. The van der Waals surface area contributed by atoms with E-state index in [2.05, 4.69) is 49.6 Å². The van der Waals surface area contributed by atoms with Crippen molar-refractivity contribution in [3.63, 3.8) is 0 Å². The number of anilines is 4. The summed E-state index contributed by atoms with van der Waals surface area (Å²) in [5, 5.41) is 10.4. The summed E-state index contributed by atoms with van der Waals surface area (Å²) in [6.45, 7) is 6.12. The predicted molar refractivity (Wildman–Crippen MR) is 116 cm³/mol. The second-order valence-electron chi connectivity index (χ2n) is 7.15. The van der Waals surface area contributed by atoms with Crippen LogP contribution in [0.5, 0.6) is 5.75 Å². The lowest BCUT2D eigenvalue weighted by Crippen LogP contribution is -2.42. The van der Waals surface area contributed by atoms with Crippen molar-refractivity contribution in [1.82, 2.24) is 20.3 Å². The molecule has 0 unspecified atom stereocenters. The van der Waals surface area contributed by atoms with Gasteiger partial charge in [0.1, 0.15) is 5.75 Å². The minimum Gasteiger partial charge on any atom is -0.495 e. The lowest BCUT2D eigenvalue weighted by atomic mass is 10.1. The molecule has 1 aromatic carbocycles. The third-order valence-electron chi connectivity index (χ3n) is 4.62. The summed E-state index contributed by atoms with van der Waals surface area (Å²) < 4.78 is 5.21. The average Bonchev–Trinajstić information content (AvgIpc) is 2.67. The normalized spacial score (nSPS) is 14.8. The number of nitrogens with zero attached hydrogens (tertiary/aromatic N) is 4. The Morgan fingerprint density at radius 2 is 1.93 bits per heavy atom. The Labute approximate surface area is 172 Å². The highest BCUT2D eigenvalue weighted by atomic mass is 35.5. The van der Waals surface area contributed by atoms with Crippen LogP contribution < -0.4 is 25.6 Å². The zero-order valence-corrected chi connectivity index (χ0v) is 17.5. The SMILES string of the molecule is COc1ccc(Nc2nc(NC(C)C)nc(N(C)C3CCNCC3)n2)cc1Cl.[HH]. The first-order valence-corrected chi connectivity index (χ1v) is 9.90. The van der Waals surface area contributed by atoms with Gasteiger partial charge in [-0.2, -0.15) is 15.0 Å². The Morgan fingerprint density at radius 1 is 1.21 bits per heavy atom. The van der Waals surface area contributed by atoms with E-state index in [1.54, 1.807) is 19.2 Å². The number of ether oxygens (including phenoxy) is 1. The first-order valence-electron chi connectivity index (χ1n) is 9.53. The third kappa shape index (κ3) is 5.14. The van der Waals surface area contributed by atoms with Gasteiger partial charge in [0.2, 0.25) is 17.8 Å². The van der Waals surface area contributed by atoms with Gasteiger partial charge in [-0.1, -0.05) is 11.6 Å². The van der Waals surface area contributed by atoms with Crippen LogP contribution in [0.15, 0.2) is 18.2 Å².